The summed E-state index contributed by atoms with van der Waals surface area (Å²) in [6.45, 7) is 3.51. The quantitative estimate of drug-likeness (QED) is 0.721. The van der Waals surface area contributed by atoms with Crippen LogP contribution in [0.3, 0.4) is 0 Å². The number of carbonyl (C=O) groups is 1. The third kappa shape index (κ3) is 3.05. The predicted octanol–water partition coefficient (Wildman–Crippen LogP) is 1.42. The first-order chi connectivity index (χ1) is 7.56. The number of anilines is 1. The number of carbonyl (C=O) groups excluding carboxylic acids is 1. The van der Waals surface area contributed by atoms with Gasteiger partial charge in [-0.3, -0.25) is 4.79 Å². The van der Waals surface area contributed by atoms with Crippen molar-refractivity contribution in [2.75, 3.05) is 5.32 Å². The average Bonchev–Trinajstić information content (AvgIpc) is 2.28. The van der Waals surface area contributed by atoms with Gasteiger partial charge in [0.25, 0.3) is 0 Å². The van der Waals surface area contributed by atoms with Crippen LogP contribution in [0.25, 0.3) is 0 Å². The zero-order valence-electron chi connectivity index (χ0n) is 9.60. The van der Waals surface area contributed by atoms with Crippen molar-refractivity contribution in [1.29, 1.82) is 0 Å². The lowest BCUT2D eigenvalue weighted by molar-refractivity contribution is -0.117. The van der Waals surface area contributed by atoms with Crippen LogP contribution in [0.4, 0.5) is 5.69 Å². The van der Waals surface area contributed by atoms with Gasteiger partial charge >= 0.3 is 0 Å². The van der Waals surface area contributed by atoms with E-state index in [2.05, 4.69) is 5.32 Å². The standard InChI is InChI=1S/C12H18N2O2/c1-3-10(13)12(16)14-11-7-5-4-6-9(11)8(2)15/h4-8,10,15H,3,13H2,1-2H3,(H,14,16)/t8?,10-/m1/s1. The van der Waals surface area contributed by atoms with Crippen LogP contribution in [0, 0.1) is 0 Å². The summed E-state index contributed by atoms with van der Waals surface area (Å²) in [6.07, 6.45) is -0.0304. The Hall–Kier alpha value is -1.39. The second-order valence-corrected chi connectivity index (χ2v) is 3.77. The van der Waals surface area contributed by atoms with E-state index in [9.17, 15) is 9.90 Å². The summed E-state index contributed by atoms with van der Waals surface area (Å²) in [5.41, 5.74) is 6.93. The highest BCUT2D eigenvalue weighted by Crippen LogP contribution is 2.22. The zero-order valence-corrected chi connectivity index (χ0v) is 9.60. The Balaban J connectivity index is 2.84. The monoisotopic (exact) mass is 222 g/mol. The van der Waals surface area contributed by atoms with Crippen LogP contribution in [0.15, 0.2) is 24.3 Å². The zero-order chi connectivity index (χ0) is 12.1. The molecule has 0 aromatic heterocycles. The summed E-state index contributed by atoms with van der Waals surface area (Å²) >= 11 is 0. The number of amides is 1. The van der Waals surface area contributed by atoms with Crippen molar-refractivity contribution in [3.05, 3.63) is 29.8 Å². The summed E-state index contributed by atoms with van der Waals surface area (Å²) in [7, 11) is 0. The summed E-state index contributed by atoms with van der Waals surface area (Å²) in [4.78, 5) is 11.6. The number of aliphatic hydroxyl groups excluding tert-OH is 1. The third-order valence-corrected chi connectivity index (χ3v) is 2.45. The van der Waals surface area contributed by atoms with Crippen LogP contribution in [0.1, 0.15) is 31.9 Å². The first-order valence-corrected chi connectivity index (χ1v) is 5.39. The minimum atomic E-state index is -0.616. The number of rotatable bonds is 4. The summed E-state index contributed by atoms with van der Waals surface area (Å²) in [5.74, 6) is -0.226. The normalized spacial score (nSPS) is 14.2. The predicted molar refractivity (Wildman–Crippen MR) is 64.0 cm³/mol. The van der Waals surface area contributed by atoms with Gasteiger partial charge in [0.05, 0.1) is 12.1 Å². The molecule has 0 heterocycles. The van der Waals surface area contributed by atoms with E-state index in [1.54, 1.807) is 25.1 Å². The Morgan fingerprint density at radius 3 is 2.69 bits per heavy atom. The lowest BCUT2D eigenvalue weighted by atomic mass is 10.1. The molecule has 4 N–H and O–H groups in total. The maximum absolute atomic E-state index is 11.6. The van der Waals surface area contributed by atoms with Crippen LogP contribution in [0.5, 0.6) is 0 Å². The topological polar surface area (TPSA) is 75.4 Å². The molecule has 4 nitrogen and oxygen atoms in total. The maximum Gasteiger partial charge on any atom is 0.241 e. The number of para-hydroxylation sites is 1. The third-order valence-electron chi connectivity index (χ3n) is 2.45. The minimum absolute atomic E-state index is 0.226. The van der Waals surface area contributed by atoms with Crippen molar-refractivity contribution < 1.29 is 9.90 Å². The highest BCUT2D eigenvalue weighted by Gasteiger charge is 2.14. The Labute approximate surface area is 95.5 Å². The van der Waals surface area contributed by atoms with Crippen molar-refractivity contribution in [2.45, 2.75) is 32.4 Å². The smallest absolute Gasteiger partial charge is 0.241 e. The van der Waals surface area contributed by atoms with E-state index in [0.717, 1.165) is 0 Å². The molecule has 88 valence electrons. The molecule has 1 rings (SSSR count). The van der Waals surface area contributed by atoms with E-state index in [0.29, 0.717) is 17.7 Å². The molecular weight excluding hydrogens is 204 g/mol. The van der Waals surface area contributed by atoms with Crippen molar-refractivity contribution >= 4 is 11.6 Å². The van der Waals surface area contributed by atoms with Gasteiger partial charge in [-0.05, 0) is 19.4 Å². The number of nitrogens with two attached hydrogens (primary N) is 1. The first-order valence-electron chi connectivity index (χ1n) is 5.39. The number of benzene rings is 1. The number of hydrogen-bond donors (Lipinski definition) is 3. The molecular formula is C12H18N2O2. The summed E-state index contributed by atoms with van der Waals surface area (Å²) in [5, 5.41) is 12.2. The lowest BCUT2D eigenvalue weighted by Crippen LogP contribution is -2.35. The van der Waals surface area contributed by atoms with Crippen LogP contribution in [0.2, 0.25) is 0 Å². The van der Waals surface area contributed by atoms with Crippen molar-refractivity contribution in [2.24, 2.45) is 5.73 Å². The lowest BCUT2D eigenvalue weighted by Gasteiger charge is -2.15. The second kappa shape index (κ2) is 5.63. The van der Waals surface area contributed by atoms with Gasteiger partial charge in [0.1, 0.15) is 0 Å². The molecule has 0 fully saturated rings. The van der Waals surface area contributed by atoms with Gasteiger partial charge in [-0.2, -0.15) is 0 Å². The van der Waals surface area contributed by atoms with E-state index in [-0.39, 0.29) is 5.91 Å². The van der Waals surface area contributed by atoms with Crippen LogP contribution < -0.4 is 11.1 Å². The molecule has 0 aliphatic rings. The second-order valence-electron chi connectivity index (χ2n) is 3.77. The fourth-order valence-corrected chi connectivity index (χ4v) is 1.39. The molecule has 4 heteroatoms. The molecule has 2 atom stereocenters. The van der Waals surface area contributed by atoms with Gasteiger partial charge in [0.2, 0.25) is 5.91 Å². The molecule has 0 saturated heterocycles. The summed E-state index contributed by atoms with van der Waals surface area (Å²) in [6, 6.07) is 6.64. The minimum Gasteiger partial charge on any atom is -0.389 e. The molecule has 1 aromatic rings. The highest BCUT2D eigenvalue weighted by molar-refractivity contribution is 5.95. The van der Waals surface area contributed by atoms with Gasteiger partial charge in [0.15, 0.2) is 0 Å². The maximum atomic E-state index is 11.6. The van der Waals surface area contributed by atoms with Gasteiger partial charge in [-0.1, -0.05) is 25.1 Å². The molecule has 1 aromatic carbocycles. The molecule has 16 heavy (non-hydrogen) atoms. The van der Waals surface area contributed by atoms with E-state index < -0.39 is 12.1 Å². The van der Waals surface area contributed by atoms with E-state index in [4.69, 9.17) is 5.73 Å². The summed E-state index contributed by atoms with van der Waals surface area (Å²) < 4.78 is 0. The number of nitrogens with one attached hydrogen (secondary N) is 1. The van der Waals surface area contributed by atoms with Crippen molar-refractivity contribution in [1.82, 2.24) is 0 Å². The molecule has 1 amide bonds. The molecule has 1 unspecified atom stereocenters. The molecule has 0 radical (unpaired) electrons. The average molecular weight is 222 g/mol. The SMILES string of the molecule is CC[C@@H](N)C(=O)Nc1ccccc1C(C)O. The van der Waals surface area contributed by atoms with E-state index in [1.165, 1.54) is 0 Å². The molecule has 0 saturated carbocycles. The molecule has 0 aliphatic heterocycles. The van der Waals surface area contributed by atoms with Crippen LogP contribution in [-0.4, -0.2) is 17.1 Å². The van der Waals surface area contributed by atoms with Crippen LogP contribution >= 0.6 is 0 Å². The van der Waals surface area contributed by atoms with Gasteiger partial charge in [-0.15, -0.1) is 0 Å². The van der Waals surface area contributed by atoms with Gasteiger partial charge in [-0.25, -0.2) is 0 Å². The fraction of sp³-hybridized carbons (Fsp3) is 0.417. The van der Waals surface area contributed by atoms with Crippen molar-refractivity contribution in [3.8, 4) is 0 Å². The Morgan fingerprint density at radius 1 is 1.50 bits per heavy atom. The largest absolute Gasteiger partial charge is 0.389 e. The Kier molecular flexibility index (Phi) is 4.46. The number of aliphatic hydroxyl groups is 1. The highest BCUT2D eigenvalue weighted by atomic mass is 16.3. The van der Waals surface area contributed by atoms with E-state index >= 15 is 0 Å². The molecule has 0 aliphatic carbocycles. The van der Waals surface area contributed by atoms with Crippen LogP contribution in [-0.2, 0) is 4.79 Å². The fourth-order valence-electron chi connectivity index (χ4n) is 1.39. The number of hydrogen-bond acceptors (Lipinski definition) is 3. The Bertz CT molecular complexity index is 364. The molecule has 0 spiro atoms. The van der Waals surface area contributed by atoms with Crippen molar-refractivity contribution in [3.63, 3.8) is 0 Å². The first kappa shape index (κ1) is 12.7. The Morgan fingerprint density at radius 2 is 2.12 bits per heavy atom. The van der Waals surface area contributed by atoms with E-state index in [1.807, 2.05) is 13.0 Å². The van der Waals surface area contributed by atoms with Gasteiger partial charge in [0, 0.05) is 11.3 Å². The van der Waals surface area contributed by atoms with Gasteiger partial charge < -0.3 is 16.2 Å². The molecule has 0 bridgehead atoms.